The van der Waals surface area contributed by atoms with Gasteiger partial charge in [0, 0.05) is 31.7 Å². The van der Waals surface area contributed by atoms with Crippen LogP contribution in [-0.2, 0) is 11.2 Å². The maximum atomic E-state index is 12.1. The van der Waals surface area contributed by atoms with Gasteiger partial charge in [0.15, 0.2) is 5.96 Å². The second-order valence-corrected chi connectivity index (χ2v) is 7.05. The monoisotopic (exact) mass is 515 g/mol. The van der Waals surface area contributed by atoms with Crippen molar-refractivity contribution in [2.24, 2.45) is 4.99 Å². The third-order valence-electron chi connectivity index (χ3n) is 4.82. The highest BCUT2D eigenvalue weighted by Crippen LogP contribution is 2.17. The third-order valence-corrected chi connectivity index (χ3v) is 4.82. The maximum Gasteiger partial charge on any atom is 0.251 e. The van der Waals surface area contributed by atoms with Gasteiger partial charge in [0.1, 0.15) is 6.54 Å². The number of guanidine groups is 1. The Morgan fingerprint density at radius 2 is 1.90 bits per heavy atom. The number of benzene rings is 1. The summed E-state index contributed by atoms with van der Waals surface area (Å²) in [5, 5.41) is 12.1. The van der Waals surface area contributed by atoms with Crippen LogP contribution in [0.25, 0.3) is 0 Å². The van der Waals surface area contributed by atoms with Crippen molar-refractivity contribution in [1.82, 2.24) is 21.3 Å². The van der Waals surface area contributed by atoms with E-state index in [1.54, 1.807) is 13.1 Å². The van der Waals surface area contributed by atoms with Gasteiger partial charge in [0.05, 0.1) is 0 Å². The van der Waals surface area contributed by atoms with Crippen LogP contribution < -0.4 is 21.3 Å². The van der Waals surface area contributed by atoms with Gasteiger partial charge in [-0.3, -0.25) is 9.59 Å². The van der Waals surface area contributed by atoms with E-state index >= 15 is 0 Å². The molecule has 0 spiro atoms. The van der Waals surface area contributed by atoms with E-state index in [-0.39, 0.29) is 42.3 Å². The first kappa shape index (κ1) is 25.2. The summed E-state index contributed by atoms with van der Waals surface area (Å²) in [4.78, 5) is 28.3. The van der Waals surface area contributed by atoms with Gasteiger partial charge in [0.25, 0.3) is 5.91 Å². The molecule has 0 heterocycles. The van der Waals surface area contributed by atoms with Crippen LogP contribution in [0.1, 0.15) is 54.9 Å². The van der Waals surface area contributed by atoms with Crippen molar-refractivity contribution in [3.63, 3.8) is 0 Å². The molecule has 0 bridgehead atoms. The quantitative estimate of drug-likeness (QED) is 0.243. The number of aliphatic imine (C=N–C) groups is 1. The van der Waals surface area contributed by atoms with E-state index in [1.165, 1.54) is 19.3 Å². The molecule has 1 aliphatic rings. The Kier molecular flexibility index (Phi) is 12.3. The zero-order chi connectivity index (χ0) is 20.2. The molecule has 7 nitrogen and oxygen atoms in total. The van der Waals surface area contributed by atoms with Crippen LogP contribution in [0.15, 0.2) is 29.3 Å². The summed E-state index contributed by atoms with van der Waals surface area (Å²) in [5.74, 6) is 0.514. The van der Waals surface area contributed by atoms with Gasteiger partial charge in [-0.05, 0) is 43.9 Å². The molecule has 1 saturated carbocycles. The molecule has 0 unspecified atom stereocenters. The second-order valence-electron chi connectivity index (χ2n) is 7.05. The molecule has 29 heavy (non-hydrogen) atoms. The molecule has 162 valence electrons. The Bertz CT molecular complexity index is 675. The largest absolute Gasteiger partial charge is 0.357 e. The minimum Gasteiger partial charge on any atom is -0.357 e. The fraction of sp³-hybridized carbons (Fsp3) is 0.571. The first-order valence-corrected chi connectivity index (χ1v) is 10.2. The van der Waals surface area contributed by atoms with E-state index in [0.717, 1.165) is 31.4 Å². The number of hydrogen-bond acceptors (Lipinski definition) is 3. The highest BCUT2D eigenvalue weighted by Gasteiger charge is 2.15. The maximum absolute atomic E-state index is 12.1. The highest BCUT2D eigenvalue weighted by molar-refractivity contribution is 14.0. The highest BCUT2D eigenvalue weighted by atomic mass is 127. The lowest BCUT2D eigenvalue weighted by molar-refractivity contribution is -0.120. The summed E-state index contributed by atoms with van der Waals surface area (Å²) >= 11 is 0. The number of carbonyl (C=O) groups is 2. The van der Waals surface area contributed by atoms with E-state index < -0.39 is 0 Å². The van der Waals surface area contributed by atoms with Crippen molar-refractivity contribution in [3.8, 4) is 0 Å². The molecular formula is C21H34IN5O2. The SMILES string of the molecule is CCNC(=NCC(=O)NC1CCCCC1)NCCc1cccc(C(=O)NC)c1.I. The standard InChI is InChI=1S/C21H33N5O2.HI/c1-3-23-21(25-15-19(27)26-18-10-5-4-6-11-18)24-13-12-16-8-7-9-17(14-16)20(28)22-2;/h7-9,14,18H,3-6,10-13,15H2,1-2H3,(H,22,28)(H,26,27)(H2,23,24,25);1H. The molecular weight excluding hydrogens is 481 g/mol. The number of hydrogen-bond donors (Lipinski definition) is 4. The number of carbonyl (C=O) groups excluding carboxylic acids is 2. The Balaban J connectivity index is 0.00000420. The van der Waals surface area contributed by atoms with Crippen molar-refractivity contribution in [2.75, 3.05) is 26.7 Å². The summed E-state index contributed by atoms with van der Waals surface area (Å²) in [6.07, 6.45) is 6.55. The molecule has 1 aromatic rings. The number of nitrogens with one attached hydrogen (secondary N) is 4. The summed E-state index contributed by atoms with van der Waals surface area (Å²) in [5.41, 5.74) is 1.72. The van der Waals surface area contributed by atoms with Crippen LogP contribution in [-0.4, -0.2) is 50.5 Å². The molecule has 0 aliphatic heterocycles. The molecule has 1 aromatic carbocycles. The van der Waals surface area contributed by atoms with Crippen molar-refractivity contribution >= 4 is 41.8 Å². The van der Waals surface area contributed by atoms with Gasteiger partial charge in [0.2, 0.25) is 5.91 Å². The van der Waals surface area contributed by atoms with Crippen LogP contribution in [0, 0.1) is 0 Å². The first-order valence-electron chi connectivity index (χ1n) is 10.2. The van der Waals surface area contributed by atoms with Crippen molar-refractivity contribution in [2.45, 2.75) is 51.5 Å². The van der Waals surface area contributed by atoms with E-state index in [9.17, 15) is 9.59 Å². The van der Waals surface area contributed by atoms with E-state index in [0.29, 0.717) is 24.1 Å². The van der Waals surface area contributed by atoms with E-state index in [1.807, 2.05) is 25.1 Å². The van der Waals surface area contributed by atoms with Gasteiger partial charge >= 0.3 is 0 Å². The summed E-state index contributed by atoms with van der Waals surface area (Å²) in [7, 11) is 1.63. The lowest BCUT2D eigenvalue weighted by Gasteiger charge is -2.22. The molecule has 4 N–H and O–H groups in total. The Morgan fingerprint density at radius 1 is 1.14 bits per heavy atom. The van der Waals surface area contributed by atoms with Gasteiger partial charge < -0.3 is 21.3 Å². The van der Waals surface area contributed by atoms with Crippen molar-refractivity contribution in [1.29, 1.82) is 0 Å². The fourth-order valence-corrected chi connectivity index (χ4v) is 3.35. The molecule has 2 amide bonds. The zero-order valence-corrected chi connectivity index (χ0v) is 19.8. The van der Waals surface area contributed by atoms with Crippen LogP contribution in [0.4, 0.5) is 0 Å². The predicted octanol–water partition coefficient (Wildman–Crippen LogP) is 2.21. The van der Waals surface area contributed by atoms with Gasteiger partial charge in [-0.2, -0.15) is 0 Å². The zero-order valence-electron chi connectivity index (χ0n) is 17.4. The molecule has 0 saturated heterocycles. The Hall–Kier alpha value is -1.84. The number of nitrogens with zero attached hydrogens (tertiary/aromatic N) is 1. The molecule has 1 fully saturated rings. The fourth-order valence-electron chi connectivity index (χ4n) is 3.35. The average Bonchev–Trinajstić information content (AvgIpc) is 2.72. The topological polar surface area (TPSA) is 94.6 Å². The van der Waals surface area contributed by atoms with Gasteiger partial charge in [-0.25, -0.2) is 4.99 Å². The second kappa shape index (κ2) is 14.2. The number of amides is 2. The van der Waals surface area contributed by atoms with Gasteiger partial charge in [-0.1, -0.05) is 31.4 Å². The molecule has 8 heteroatoms. The third kappa shape index (κ3) is 9.47. The number of rotatable bonds is 8. The Morgan fingerprint density at radius 3 is 2.59 bits per heavy atom. The lowest BCUT2D eigenvalue weighted by Crippen LogP contribution is -2.41. The number of halogens is 1. The molecule has 0 aromatic heterocycles. The van der Waals surface area contributed by atoms with E-state index in [2.05, 4.69) is 26.3 Å². The van der Waals surface area contributed by atoms with Crippen LogP contribution >= 0.6 is 24.0 Å². The molecule has 0 radical (unpaired) electrons. The smallest absolute Gasteiger partial charge is 0.251 e. The first-order chi connectivity index (χ1) is 13.6. The van der Waals surface area contributed by atoms with Crippen LogP contribution in [0.3, 0.4) is 0 Å². The summed E-state index contributed by atoms with van der Waals surface area (Å²) in [6, 6.07) is 7.87. The van der Waals surface area contributed by atoms with Crippen LogP contribution in [0.5, 0.6) is 0 Å². The van der Waals surface area contributed by atoms with Gasteiger partial charge in [-0.15, -0.1) is 24.0 Å². The predicted molar refractivity (Wildman–Crippen MR) is 128 cm³/mol. The van der Waals surface area contributed by atoms with Crippen LogP contribution in [0.2, 0.25) is 0 Å². The van der Waals surface area contributed by atoms with Crippen molar-refractivity contribution < 1.29 is 9.59 Å². The van der Waals surface area contributed by atoms with Crippen molar-refractivity contribution in [3.05, 3.63) is 35.4 Å². The molecule has 2 rings (SSSR count). The molecule has 0 atom stereocenters. The summed E-state index contributed by atoms with van der Waals surface area (Å²) in [6.45, 7) is 3.50. The minimum atomic E-state index is -0.0892. The van der Waals surface area contributed by atoms with E-state index in [4.69, 9.17) is 0 Å². The average molecular weight is 515 g/mol. The Labute approximate surface area is 190 Å². The summed E-state index contributed by atoms with van der Waals surface area (Å²) < 4.78 is 0. The lowest BCUT2D eigenvalue weighted by atomic mass is 9.95. The molecule has 1 aliphatic carbocycles. The normalized spacial score (nSPS) is 14.5. The minimum absolute atomic E-state index is 0.